The van der Waals surface area contributed by atoms with Gasteiger partial charge in [-0.1, -0.05) is 53.5 Å². The average molecular weight is 789 g/mol. The Morgan fingerprint density at radius 3 is 2.33 bits per heavy atom. The fourth-order valence-corrected chi connectivity index (χ4v) is 7.33. The van der Waals surface area contributed by atoms with E-state index in [1.165, 1.54) is 53.4 Å². The van der Waals surface area contributed by atoms with Crippen LogP contribution in [-0.4, -0.2) is 55.4 Å². The maximum Gasteiger partial charge on any atom is 0.415 e. The molecule has 2 atom stereocenters. The molecule has 3 aromatic carbocycles. The summed E-state index contributed by atoms with van der Waals surface area (Å²) >= 11 is 12.8. The topological polar surface area (TPSA) is 104 Å². The Balaban J connectivity index is 1.28. The van der Waals surface area contributed by atoms with Crippen LogP contribution in [0.3, 0.4) is 0 Å². The zero-order valence-corrected chi connectivity index (χ0v) is 30.9. The molecule has 0 N–H and O–H groups in total. The molecule has 3 saturated heterocycles. The number of carbonyl (C=O) groups excluding carboxylic acids is 2. The Labute approximate surface area is 320 Å². The van der Waals surface area contributed by atoms with E-state index in [-0.39, 0.29) is 57.8 Å². The minimum atomic E-state index is -3.12. The van der Waals surface area contributed by atoms with E-state index in [2.05, 4.69) is 9.64 Å². The number of nitrogens with zero attached hydrogens (tertiary/aromatic N) is 3. The van der Waals surface area contributed by atoms with Gasteiger partial charge in [-0.25, -0.2) is 14.0 Å². The summed E-state index contributed by atoms with van der Waals surface area (Å²) in [7, 11) is 0. The third-order valence-corrected chi connectivity index (χ3v) is 9.98. The second-order valence-corrected chi connectivity index (χ2v) is 14.3. The molecule has 3 aliphatic rings. The van der Waals surface area contributed by atoms with Gasteiger partial charge in [0.15, 0.2) is 23.9 Å². The molecule has 1 amide bonds. The highest BCUT2D eigenvalue weighted by Crippen LogP contribution is 2.37. The van der Waals surface area contributed by atoms with Crippen LogP contribution in [0.15, 0.2) is 79.1 Å². The monoisotopic (exact) mass is 787 g/mol. The number of piperidine rings is 3. The molecule has 4 heterocycles. The van der Waals surface area contributed by atoms with Gasteiger partial charge in [-0.2, -0.15) is 13.5 Å². The maximum absolute atomic E-state index is 15.2. The zero-order chi connectivity index (χ0) is 38.5. The third kappa shape index (κ3) is 9.49. The van der Waals surface area contributed by atoms with Crippen molar-refractivity contribution in [2.24, 2.45) is 5.92 Å². The van der Waals surface area contributed by atoms with Crippen molar-refractivity contribution in [3.63, 3.8) is 0 Å². The van der Waals surface area contributed by atoms with Gasteiger partial charge in [0.1, 0.15) is 28.1 Å². The van der Waals surface area contributed by atoms with E-state index in [4.69, 9.17) is 37.4 Å². The summed E-state index contributed by atoms with van der Waals surface area (Å²) in [6.07, 6.45) is 1.34. The number of anilines is 1. The molecule has 4 aromatic rings. The van der Waals surface area contributed by atoms with Crippen molar-refractivity contribution in [3.05, 3.63) is 122 Å². The van der Waals surface area contributed by atoms with Crippen LogP contribution in [0.25, 0.3) is 0 Å². The Morgan fingerprint density at radius 2 is 1.69 bits per heavy atom. The SMILES string of the molecule is CC(C)Oc1cc(C(Cc2c(Cl)c[n+]([O-])cc2Cl)OC(=O)c2cccc(CN(C(=O)O[C@H]3CN4CCC3CC4)c3ccccc3F)c2)ccc1OC(F)F. The number of hydrogen-bond acceptors (Lipinski definition) is 8. The summed E-state index contributed by atoms with van der Waals surface area (Å²) in [5, 5.41) is 12.0. The number of alkyl halides is 2. The quantitative estimate of drug-likeness (QED) is 0.0755. The molecule has 1 aromatic heterocycles. The highest BCUT2D eigenvalue weighted by Gasteiger charge is 2.38. The fourth-order valence-electron chi connectivity index (χ4n) is 6.74. The molecule has 2 bridgehead atoms. The van der Waals surface area contributed by atoms with E-state index in [1.54, 1.807) is 32.0 Å². The molecule has 54 heavy (non-hydrogen) atoms. The average Bonchev–Trinajstić information content (AvgIpc) is 3.13. The summed E-state index contributed by atoms with van der Waals surface area (Å²) in [6, 6.07) is 16.3. The third-order valence-electron chi connectivity index (χ3n) is 9.33. The van der Waals surface area contributed by atoms with Crippen molar-refractivity contribution in [2.45, 2.75) is 64.6 Å². The minimum absolute atomic E-state index is 0.00946. The van der Waals surface area contributed by atoms with E-state index in [0.717, 1.165) is 38.3 Å². The first-order chi connectivity index (χ1) is 25.8. The van der Waals surface area contributed by atoms with Gasteiger partial charge in [0.2, 0.25) is 0 Å². The van der Waals surface area contributed by atoms with Gasteiger partial charge in [0, 0.05) is 18.5 Å². The highest BCUT2D eigenvalue weighted by atomic mass is 35.5. The number of ether oxygens (including phenoxy) is 4. The van der Waals surface area contributed by atoms with E-state index in [0.29, 0.717) is 28.0 Å². The van der Waals surface area contributed by atoms with Gasteiger partial charge in [-0.15, -0.1) is 0 Å². The fraction of sp³-hybridized carbons (Fsp3) is 0.359. The van der Waals surface area contributed by atoms with Crippen molar-refractivity contribution >= 4 is 41.0 Å². The number of para-hydroxylation sites is 1. The second kappa shape index (κ2) is 17.2. The molecule has 1 unspecified atom stereocenters. The lowest BCUT2D eigenvalue weighted by atomic mass is 9.86. The van der Waals surface area contributed by atoms with Crippen molar-refractivity contribution in [2.75, 3.05) is 24.5 Å². The van der Waals surface area contributed by atoms with Crippen LogP contribution in [0, 0.1) is 16.9 Å². The number of rotatable bonds is 13. The molecule has 3 aliphatic heterocycles. The standard InChI is InChI=1S/C39H38Cl2F3N3O7/c1-23(2)51-35-17-26(10-11-33(35)53-38(43)44)34(18-28-29(40)20-46(50)21-30(28)41)52-37(48)27-7-5-6-24(16-27)19-47(32-9-4-3-8-31(32)42)39(49)54-36-22-45-14-12-25(36)13-15-45/h3-11,16-17,20-21,23,25,34,36,38H,12-15,18-19,22H2,1-2H3/t34?,36-/m0/s1. The summed E-state index contributed by atoms with van der Waals surface area (Å²) in [6.45, 7) is 2.69. The van der Waals surface area contributed by atoms with Crippen LogP contribution in [-0.2, 0) is 22.4 Å². The summed E-state index contributed by atoms with van der Waals surface area (Å²) in [5.74, 6) is -1.43. The predicted molar refractivity (Wildman–Crippen MR) is 195 cm³/mol. The highest BCUT2D eigenvalue weighted by molar-refractivity contribution is 6.35. The molecule has 286 valence electrons. The van der Waals surface area contributed by atoms with Gasteiger partial charge in [0.25, 0.3) is 0 Å². The summed E-state index contributed by atoms with van der Waals surface area (Å²) in [4.78, 5) is 31.1. The van der Waals surface area contributed by atoms with Crippen molar-refractivity contribution in [1.82, 2.24) is 4.90 Å². The number of hydrogen-bond donors (Lipinski definition) is 0. The number of pyridine rings is 1. The first kappa shape index (κ1) is 39.0. The lowest BCUT2D eigenvalue weighted by Crippen LogP contribution is -2.53. The molecular formula is C39H38Cl2F3N3O7. The molecule has 0 radical (unpaired) electrons. The molecule has 7 rings (SSSR count). The normalized spacial score (nSPS) is 18.4. The van der Waals surface area contributed by atoms with Gasteiger partial charge < -0.3 is 24.2 Å². The van der Waals surface area contributed by atoms with Gasteiger partial charge in [-0.05, 0) is 93.2 Å². The van der Waals surface area contributed by atoms with Crippen LogP contribution in [0.1, 0.15) is 59.8 Å². The molecule has 0 saturated carbocycles. The Hall–Kier alpha value is -4.72. The Morgan fingerprint density at radius 1 is 0.963 bits per heavy atom. The van der Waals surface area contributed by atoms with Gasteiger partial charge >= 0.3 is 18.7 Å². The summed E-state index contributed by atoms with van der Waals surface area (Å²) in [5.41, 5.74) is 1.20. The van der Waals surface area contributed by atoms with E-state index in [1.807, 2.05) is 0 Å². The molecule has 0 spiro atoms. The number of esters is 1. The van der Waals surface area contributed by atoms with Crippen LogP contribution in [0.5, 0.6) is 11.5 Å². The van der Waals surface area contributed by atoms with Crippen LogP contribution < -0.4 is 19.1 Å². The van der Waals surface area contributed by atoms with E-state index < -0.39 is 36.7 Å². The zero-order valence-electron chi connectivity index (χ0n) is 29.4. The van der Waals surface area contributed by atoms with E-state index in [9.17, 15) is 23.6 Å². The Kier molecular flexibility index (Phi) is 12.4. The molecule has 10 nitrogen and oxygen atoms in total. The van der Waals surface area contributed by atoms with Crippen LogP contribution >= 0.6 is 23.2 Å². The smallest absolute Gasteiger partial charge is 0.415 e. The Bertz CT molecular complexity index is 1960. The number of benzene rings is 3. The first-order valence-corrected chi connectivity index (χ1v) is 18.2. The van der Waals surface area contributed by atoms with Crippen LogP contribution in [0.4, 0.5) is 23.7 Å². The number of carbonyl (C=O) groups is 2. The van der Waals surface area contributed by atoms with Crippen LogP contribution in [0.2, 0.25) is 10.0 Å². The number of aromatic nitrogens is 1. The molecule has 3 fully saturated rings. The minimum Gasteiger partial charge on any atom is -0.619 e. The molecule has 15 heteroatoms. The van der Waals surface area contributed by atoms with Gasteiger partial charge in [-0.3, -0.25) is 9.80 Å². The molecular weight excluding hydrogens is 750 g/mol. The largest absolute Gasteiger partial charge is 0.619 e. The molecule has 0 aliphatic carbocycles. The lowest BCUT2D eigenvalue weighted by Gasteiger charge is -2.44. The maximum atomic E-state index is 15.2. The van der Waals surface area contributed by atoms with E-state index >= 15 is 4.39 Å². The van der Waals surface area contributed by atoms with Crippen molar-refractivity contribution in [3.8, 4) is 11.5 Å². The van der Waals surface area contributed by atoms with Crippen molar-refractivity contribution in [1.29, 1.82) is 0 Å². The predicted octanol–water partition coefficient (Wildman–Crippen LogP) is 8.53. The van der Waals surface area contributed by atoms with Gasteiger partial charge in [0.05, 0.1) is 23.9 Å². The number of fused-ring (bicyclic) bond motifs is 3. The first-order valence-electron chi connectivity index (χ1n) is 17.4. The summed E-state index contributed by atoms with van der Waals surface area (Å²) < 4.78 is 64.5. The second-order valence-electron chi connectivity index (χ2n) is 13.4. The lowest BCUT2D eigenvalue weighted by molar-refractivity contribution is -0.605. The van der Waals surface area contributed by atoms with Crippen molar-refractivity contribution < 1.29 is 46.4 Å². The number of amides is 1. The number of halogens is 5.